The number of nitrogens with zero attached hydrogens (tertiary/aromatic N) is 2. The first-order valence-corrected chi connectivity index (χ1v) is 15.1. The van der Waals surface area contributed by atoms with E-state index in [2.05, 4.69) is 20.9 Å². The van der Waals surface area contributed by atoms with E-state index in [-0.39, 0.29) is 24.3 Å². The van der Waals surface area contributed by atoms with Crippen LogP contribution in [0.2, 0.25) is 0 Å². The van der Waals surface area contributed by atoms with Crippen LogP contribution in [0.15, 0.2) is 36.4 Å². The molecule has 0 bridgehead atoms. The van der Waals surface area contributed by atoms with Crippen LogP contribution in [0.1, 0.15) is 72.4 Å². The zero-order valence-corrected chi connectivity index (χ0v) is 24.3. The molecule has 1 heterocycles. The largest absolute Gasteiger partial charge is 0.344 e. The van der Waals surface area contributed by atoms with Crippen LogP contribution in [0.4, 0.5) is 0 Å². The molecular weight excluding hydrogens is 553 g/mol. The second-order valence-corrected chi connectivity index (χ2v) is 11.2. The van der Waals surface area contributed by atoms with Crippen LogP contribution in [0.25, 0.3) is 11.3 Å². The first kappa shape index (κ1) is 33.6. The minimum atomic E-state index is -4.39. The van der Waals surface area contributed by atoms with Crippen molar-refractivity contribution in [3.63, 3.8) is 0 Å². The van der Waals surface area contributed by atoms with E-state index < -0.39 is 43.6 Å². The molecule has 2 atom stereocenters. The third-order valence-corrected chi connectivity index (χ3v) is 7.06. The van der Waals surface area contributed by atoms with E-state index >= 15 is 0 Å². The molecule has 0 aliphatic heterocycles. The molecule has 1 aromatic carbocycles. The van der Waals surface area contributed by atoms with Crippen LogP contribution in [0, 0.1) is 12.8 Å². The van der Waals surface area contributed by atoms with E-state index in [9.17, 15) is 29.0 Å². The van der Waals surface area contributed by atoms with E-state index in [1.807, 2.05) is 6.92 Å². The van der Waals surface area contributed by atoms with Crippen LogP contribution < -0.4 is 16.0 Å². The standard InChI is InChI=1S/C27H38N5O8P/c1-4-6-7-9-21(24(5-2)32(37)17-33)26(35)28-15-29-27(36)23-11-8-10-22(31-23)19-12-13-20(18(3)14-19)25(34)30-16-41(38,39)40/h8,10-14,17,21,24,37H,4-7,9,15-16H2,1-3H3,(H,28,35)(H,29,36)(H,30,34)(H2,38,39,40)/t21-,24-/m1/s1. The van der Waals surface area contributed by atoms with E-state index in [0.717, 1.165) is 19.3 Å². The van der Waals surface area contributed by atoms with Gasteiger partial charge in [-0.3, -0.25) is 29.0 Å². The number of nitrogens with one attached hydrogen (secondary N) is 3. The highest BCUT2D eigenvalue weighted by molar-refractivity contribution is 7.51. The first-order chi connectivity index (χ1) is 19.4. The van der Waals surface area contributed by atoms with Crippen molar-refractivity contribution in [2.45, 2.75) is 58.9 Å². The van der Waals surface area contributed by atoms with E-state index in [4.69, 9.17) is 9.79 Å². The summed E-state index contributed by atoms with van der Waals surface area (Å²) in [6.07, 6.45) is 2.96. The zero-order chi connectivity index (χ0) is 30.6. The highest BCUT2D eigenvalue weighted by atomic mass is 31.2. The third-order valence-electron chi connectivity index (χ3n) is 6.49. The second-order valence-electron chi connectivity index (χ2n) is 9.55. The maximum Gasteiger partial charge on any atom is 0.344 e. The Hall–Kier alpha value is -3.64. The summed E-state index contributed by atoms with van der Waals surface area (Å²) in [6, 6.07) is 8.91. The number of benzene rings is 1. The van der Waals surface area contributed by atoms with Gasteiger partial charge in [-0.25, -0.2) is 10.0 Å². The summed E-state index contributed by atoms with van der Waals surface area (Å²) < 4.78 is 11.0. The fraction of sp³-hybridized carbons (Fsp3) is 0.444. The van der Waals surface area contributed by atoms with Gasteiger partial charge in [-0.05, 0) is 49.6 Å². The van der Waals surface area contributed by atoms with Gasteiger partial charge in [0.25, 0.3) is 11.8 Å². The van der Waals surface area contributed by atoms with Crippen molar-refractivity contribution in [3.05, 3.63) is 53.2 Å². The summed E-state index contributed by atoms with van der Waals surface area (Å²) in [4.78, 5) is 71.4. The Morgan fingerprint density at radius 1 is 1.05 bits per heavy atom. The fourth-order valence-electron chi connectivity index (χ4n) is 4.35. The second kappa shape index (κ2) is 16.0. The fourth-order valence-corrected chi connectivity index (χ4v) is 4.70. The normalized spacial score (nSPS) is 12.6. The maximum atomic E-state index is 12.9. The van der Waals surface area contributed by atoms with Gasteiger partial charge in [0.1, 0.15) is 12.0 Å². The molecule has 0 spiro atoms. The molecule has 41 heavy (non-hydrogen) atoms. The number of aryl methyl sites for hydroxylation is 1. The summed E-state index contributed by atoms with van der Waals surface area (Å²) in [6.45, 7) is 5.28. The van der Waals surface area contributed by atoms with Gasteiger partial charge >= 0.3 is 7.60 Å². The van der Waals surface area contributed by atoms with Crippen LogP contribution in [-0.2, 0) is 14.2 Å². The molecule has 0 fully saturated rings. The minimum Gasteiger partial charge on any atom is -0.340 e. The van der Waals surface area contributed by atoms with Crippen LogP contribution in [0.5, 0.6) is 0 Å². The Balaban J connectivity index is 2.06. The Bertz CT molecular complexity index is 1270. The lowest BCUT2D eigenvalue weighted by molar-refractivity contribution is -0.168. The zero-order valence-electron chi connectivity index (χ0n) is 23.4. The molecule has 224 valence electrons. The quantitative estimate of drug-likeness (QED) is 0.0424. The number of rotatable bonds is 16. The van der Waals surface area contributed by atoms with Gasteiger partial charge < -0.3 is 25.7 Å². The first-order valence-electron chi connectivity index (χ1n) is 13.3. The molecule has 1 aromatic heterocycles. The van der Waals surface area contributed by atoms with E-state index in [1.54, 1.807) is 38.1 Å². The summed E-state index contributed by atoms with van der Waals surface area (Å²) >= 11 is 0. The molecule has 2 rings (SSSR count). The van der Waals surface area contributed by atoms with Crippen molar-refractivity contribution < 1.29 is 38.7 Å². The molecule has 0 radical (unpaired) electrons. The van der Waals surface area contributed by atoms with Crippen molar-refractivity contribution in [2.24, 2.45) is 5.92 Å². The third kappa shape index (κ3) is 10.4. The summed E-state index contributed by atoms with van der Waals surface area (Å²) in [5.74, 6) is -2.21. The highest BCUT2D eigenvalue weighted by Gasteiger charge is 2.30. The smallest absolute Gasteiger partial charge is 0.340 e. The Morgan fingerprint density at radius 3 is 2.39 bits per heavy atom. The molecule has 4 amide bonds. The number of carbonyl (C=O) groups excluding carboxylic acids is 4. The molecule has 0 saturated carbocycles. The Labute approximate surface area is 238 Å². The number of amides is 4. The number of unbranched alkanes of at least 4 members (excludes halogenated alkanes) is 2. The molecule has 2 aromatic rings. The van der Waals surface area contributed by atoms with Crippen LogP contribution in [0.3, 0.4) is 0 Å². The lowest BCUT2D eigenvalue weighted by atomic mass is 9.90. The van der Waals surface area contributed by atoms with Gasteiger partial charge in [0.15, 0.2) is 0 Å². The lowest BCUT2D eigenvalue weighted by Gasteiger charge is -2.29. The van der Waals surface area contributed by atoms with E-state index in [1.165, 1.54) is 12.1 Å². The minimum absolute atomic E-state index is 0.0892. The molecule has 0 aliphatic carbocycles. The monoisotopic (exact) mass is 591 g/mol. The average molecular weight is 592 g/mol. The SMILES string of the molecule is CCCCC[C@@H](C(=O)NCNC(=O)c1cccc(-c2ccc(C(=O)NCP(=O)(O)O)c(C)c2)n1)[C@@H](CC)N(O)C=O. The van der Waals surface area contributed by atoms with Crippen molar-refractivity contribution in [3.8, 4) is 11.3 Å². The average Bonchev–Trinajstić information content (AvgIpc) is 2.94. The number of hydroxylamine groups is 2. The van der Waals surface area contributed by atoms with Gasteiger partial charge in [0.05, 0.1) is 24.3 Å². The number of aromatic nitrogens is 1. The van der Waals surface area contributed by atoms with Crippen molar-refractivity contribution in [2.75, 3.05) is 13.0 Å². The van der Waals surface area contributed by atoms with Crippen LogP contribution >= 0.6 is 7.60 Å². The number of hydrogen-bond acceptors (Lipinski definition) is 7. The Kier molecular flexibility index (Phi) is 13.1. The van der Waals surface area contributed by atoms with Gasteiger partial charge in [-0.1, -0.05) is 45.2 Å². The van der Waals surface area contributed by atoms with Gasteiger partial charge in [-0.2, -0.15) is 0 Å². The lowest BCUT2D eigenvalue weighted by Crippen LogP contribution is -2.47. The number of carbonyl (C=O) groups is 4. The van der Waals surface area contributed by atoms with Crippen molar-refractivity contribution >= 4 is 31.7 Å². The topological polar surface area (TPSA) is 198 Å². The summed E-state index contributed by atoms with van der Waals surface area (Å²) in [5, 5.41) is 17.9. The van der Waals surface area contributed by atoms with Crippen LogP contribution in [-0.4, -0.2) is 68.2 Å². The maximum absolute atomic E-state index is 12.9. The molecular formula is C27H38N5O8P. The van der Waals surface area contributed by atoms with Gasteiger partial charge in [0.2, 0.25) is 12.3 Å². The molecule has 13 nitrogen and oxygen atoms in total. The predicted molar refractivity (Wildman–Crippen MR) is 151 cm³/mol. The molecule has 0 saturated heterocycles. The Morgan fingerprint density at radius 2 is 1.78 bits per heavy atom. The van der Waals surface area contributed by atoms with Gasteiger partial charge in [0, 0.05) is 11.1 Å². The number of hydrogen-bond donors (Lipinski definition) is 6. The molecule has 0 aliphatic rings. The molecule has 14 heteroatoms. The summed E-state index contributed by atoms with van der Waals surface area (Å²) in [5.41, 5.74) is 1.93. The molecule has 0 unspecified atom stereocenters. The van der Waals surface area contributed by atoms with Gasteiger partial charge in [-0.15, -0.1) is 0 Å². The summed E-state index contributed by atoms with van der Waals surface area (Å²) in [7, 11) is -4.39. The van der Waals surface area contributed by atoms with Crippen molar-refractivity contribution in [1.82, 2.24) is 26.0 Å². The molecule has 6 N–H and O–H groups in total. The van der Waals surface area contributed by atoms with Crippen molar-refractivity contribution in [1.29, 1.82) is 0 Å². The number of pyridine rings is 1. The van der Waals surface area contributed by atoms with E-state index in [0.29, 0.717) is 34.7 Å². The predicted octanol–water partition coefficient (Wildman–Crippen LogP) is 2.55. The highest BCUT2D eigenvalue weighted by Crippen LogP contribution is 2.32.